The first-order valence-corrected chi connectivity index (χ1v) is 6.83. The molecule has 23 heavy (non-hydrogen) atoms. The van der Waals surface area contributed by atoms with Crippen LogP contribution in [0.5, 0.6) is 0 Å². The van der Waals surface area contributed by atoms with Crippen molar-refractivity contribution in [3.8, 4) is 0 Å². The average Bonchev–Trinajstić information content (AvgIpc) is 2.97. The molecule has 0 spiro atoms. The highest BCUT2D eigenvalue weighted by atomic mass is 19.4. The van der Waals surface area contributed by atoms with E-state index in [-0.39, 0.29) is 6.04 Å². The lowest BCUT2D eigenvalue weighted by molar-refractivity contribution is -0.137. The van der Waals surface area contributed by atoms with E-state index in [1.807, 2.05) is 0 Å². The first kappa shape index (κ1) is 16.7. The van der Waals surface area contributed by atoms with Crippen LogP contribution in [0.2, 0.25) is 0 Å². The minimum Gasteiger partial charge on any atom is -0.348 e. The van der Waals surface area contributed by atoms with Crippen molar-refractivity contribution in [2.24, 2.45) is 0 Å². The predicted molar refractivity (Wildman–Crippen MR) is 78.1 cm³/mol. The zero-order valence-electron chi connectivity index (χ0n) is 12.3. The van der Waals surface area contributed by atoms with Gasteiger partial charge in [-0.2, -0.15) is 18.3 Å². The quantitative estimate of drug-likeness (QED) is 0.860. The maximum Gasteiger partial charge on any atom is 0.416 e. The smallest absolute Gasteiger partial charge is 0.348 e. The summed E-state index contributed by atoms with van der Waals surface area (Å²) in [5.74, 6) is -0.393. The number of halogens is 3. The van der Waals surface area contributed by atoms with Crippen LogP contribution in [-0.2, 0) is 17.5 Å². The molecule has 0 saturated carbocycles. The monoisotopic (exact) mass is 324 g/mol. The summed E-state index contributed by atoms with van der Waals surface area (Å²) >= 11 is 0. The Morgan fingerprint density at radius 2 is 2.22 bits per heavy atom. The topological polar surface area (TPSA) is 59.8 Å². The van der Waals surface area contributed by atoms with E-state index in [0.29, 0.717) is 12.1 Å². The van der Waals surface area contributed by atoms with Crippen LogP contribution in [0, 0.1) is 0 Å². The molecule has 2 rings (SSSR count). The van der Waals surface area contributed by atoms with Gasteiger partial charge in [0.05, 0.1) is 12.1 Å². The molecule has 8 heteroatoms. The van der Waals surface area contributed by atoms with Crippen LogP contribution >= 0.6 is 0 Å². The van der Waals surface area contributed by atoms with E-state index < -0.39 is 17.6 Å². The number of carbonyl (C=O) groups is 1. The van der Waals surface area contributed by atoms with Gasteiger partial charge in [-0.15, -0.1) is 0 Å². The molecule has 0 aliphatic carbocycles. The summed E-state index contributed by atoms with van der Waals surface area (Å²) in [7, 11) is 0. The van der Waals surface area contributed by atoms with Gasteiger partial charge in [-0.05, 0) is 30.7 Å². The molecule has 0 radical (unpaired) electrons. The van der Waals surface area contributed by atoms with Crippen molar-refractivity contribution in [3.63, 3.8) is 0 Å². The molecule has 0 saturated heterocycles. The zero-order valence-corrected chi connectivity index (χ0v) is 12.3. The Labute approximate surface area is 130 Å². The summed E-state index contributed by atoms with van der Waals surface area (Å²) in [6, 6.07) is 4.57. The normalized spacial score (nSPS) is 13.2. The number of alkyl halides is 3. The van der Waals surface area contributed by atoms with Gasteiger partial charge in [0.15, 0.2) is 0 Å². The zero-order chi connectivity index (χ0) is 16.9. The third kappa shape index (κ3) is 5.24. The number of benzene rings is 1. The second kappa shape index (κ2) is 7.08. The number of nitrogens with one attached hydrogen (secondary N) is 1. The van der Waals surface area contributed by atoms with Gasteiger partial charge in [-0.1, -0.05) is 12.1 Å². The highest BCUT2D eigenvalue weighted by molar-refractivity contribution is 5.91. The average molecular weight is 324 g/mol. The SMILES string of the molecule is CC(Cn1cncn1)NC(=O)C=Cc1cccc(C(F)(F)F)c1. The molecule has 1 N–H and O–H groups in total. The van der Waals surface area contributed by atoms with Gasteiger partial charge in [0, 0.05) is 12.1 Å². The summed E-state index contributed by atoms with van der Waals surface area (Å²) in [6.45, 7) is 2.24. The van der Waals surface area contributed by atoms with Crippen LogP contribution in [0.1, 0.15) is 18.1 Å². The van der Waals surface area contributed by atoms with Crippen molar-refractivity contribution in [1.29, 1.82) is 0 Å². The van der Waals surface area contributed by atoms with E-state index >= 15 is 0 Å². The van der Waals surface area contributed by atoms with Crippen LogP contribution in [-0.4, -0.2) is 26.7 Å². The summed E-state index contributed by atoms with van der Waals surface area (Å²) in [4.78, 5) is 15.6. The Morgan fingerprint density at radius 1 is 1.43 bits per heavy atom. The van der Waals surface area contributed by atoms with Gasteiger partial charge in [-0.3, -0.25) is 9.48 Å². The third-order valence-corrected chi connectivity index (χ3v) is 2.96. The number of aromatic nitrogens is 3. The minimum absolute atomic E-state index is 0.199. The fourth-order valence-electron chi connectivity index (χ4n) is 1.93. The van der Waals surface area contributed by atoms with Gasteiger partial charge in [0.1, 0.15) is 12.7 Å². The molecular weight excluding hydrogens is 309 g/mol. The molecule has 0 bridgehead atoms. The number of hydrogen-bond acceptors (Lipinski definition) is 3. The fraction of sp³-hybridized carbons (Fsp3) is 0.267. The minimum atomic E-state index is -4.40. The van der Waals surface area contributed by atoms with Crippen LogP contribution in [0.4, 0.5) is 13.2 Å². The van der Waals surface area contributed by atoms with E-state index in [1.54, 1.807) is 11.6 Å². The van der Waals surface area contributed by atoms with Crippen molar-refractivity contribution in [1.82, 2.24) is 20.1 Å². The maximum atomic E-state index is 12.6. The molecule has 2 aromatic rings. The summed E-state index contributed by atoms with van der Waals surface area (Å²) in [6.07, 6.45) is 1.06. The lowest BCUT2D eigenvalue weighted by Crippen LogP contribution is -2.34. The highest BCUT2D eigenvalue weighted by Crippen LogP contribution is 2.29. The number of nitrogens with zero attached hydrogens (tertiary/aromatic N) is 3. The standard InChI is InChI=1S/C15H15F3N4O/c1-11(8-22-10-19-9-20-22)21-14(23)6-5-12-3-2-4-13(7-12)15(16,17)18/h2-7,9-11H,8H2,1H3,(H,21,23). The Kier molecular flexibility index (Phi) is 5.15. The number of carbonyl (C=O) groups excluding carboxylic acids is 1. The summed E-state index contributed by atoms with van der Waals surface area (Å²) < 4.78 is 39.4. The van der Waals surface area contributed by atoms with E-state index in [2.05, 4.69) is 15.4 Å². The molecule has 1 atom stereocenters. The molecule has 1 aromatic heterocycles. The van der Waals surface area contributed by atoms with Crippen LogP contribution < -0.4 is 5.32 Å². The third-order valence-electron chi connectivity index (χ3n) is 2.96. The number of hydrogen-bond donors (Lipinski definition) is 1. The van der Waals surface area contributed by atoms with Crippen LogP contribution in [0.15, 0.2) is 43.0 Å². The van der Waals surface area contributed by atoms with Crippen molar-refractivity contribution in [2.75, 3.05) is 0 Å². The van der Waals surface area contributed by atoms with E-state index in [9.17, 15) is 18.0 Å². The largest absolute Gasteiger partial charge is 0.416 e. The Hall–Kier alpha value is -2.64. The number of rotatable bonds is 5. The summed E-state index contributed by atoms with van der Waals surface area (Å²) in [5.41, 5.74) is -0.446. The Morgan fingerprint density at radius 3 is 2.87 bits per heavy atom. The Bertz CT molecular complexity index is 680. The van der Waals surface area contributed by atoms with Crippen LogP contribution in [0.25, 0.3) is 6.08 Å². The Balaban J connectivity index is 1.93. The first-order chi connectivity index (χ1) is 10.8. The highest BCUT2D eigenvalue weighted by Gasteiger charge is 2.30. The lowest BCUT2D eigenvalue weighted by atomic mass is 10.1. The van der Waals surface area contributed by atoms with Crippen LogP contribution in [0.3, 0.4) is 0 Å². The second-order valence-electron chi connectivity index (χ2n) is 4.98. The number of amides is 1. The molecule has 1 amide bonds. The first-order valence-electron chi connectivity index (χ1n) is 6.83. The van der Waals surface area contributed by atoms with Crippen molar-refractivity contribution >= 4 is 12.0 Å². The molecule has 1 aromatic carbocycles. The summed E-state index contributed by atoms with van der Waals surface area (Å²) in [5, 5.41) is 6.62. The predicted octanol–water partition coefficient (Wildman–Crippen LogP) is 2.52. The van der Waals surface area contributed by atoms with Gasteiger partial charge in [0.2, 0.25) is 5.91 Å². The molecule has 0 fully saturated rings. The molecule has 5 nitrogen and oxygen atoms in total. The van der Waals surface area contributed by atoms with E-state index in [0.717, 1.165) is 12.1 Å². The lowest BCUT2D eigenvalue weighted by Gasteiger charge is -2.11. The van der Waals surface area contributed by atoms with E-state index in [4.69, 9.17) is 0 Å². The molecule has 122 valence electrons. The van der Waals surface area contributed by atoms with Crippen molar-refractivity contribution < 1.29 is 18.0 Å². The van der Waals surface area contributed by atoms with Gasteiger partial charge < -0.3 is 5.32 Å². The molecule has 1 unspecified atom stereocenters. The van der Waals surface area contributed by atoms with Crippen molar-refractivity contribution in [2.45, 2.75) is 25.7 Å². The molecule has 1 heterocycles. The molecule has 0 aliphatic heterocycles. The van der Waals surface area contributed by atoms with Gasteiger partial charge >= 0.3 is 6.18 Å². The fourth-order valence-corrected chi connectivity index (χ4v) is 1.93. The second-order valence-corrected chi connectivity index (χ2v) is 4.98. The van der Waals surface area contributed by atoms with Gasteiger partial charge in [0.25, 0.3) is 0 Å². The maximum absolute atomic E-state index is 12.6. The van der Waals surface area contributed by atoms with Crippen molar-refractivity contribution in [3.05, 3.63) is 54.1 Å². The van der Waals surface area contributed by atoms with Gasteiger partial charge in [-0.25, -0.2) is 4.98 Å². The molecule has 0 aliphatic rings. The molecular formula is C15H15F3N4O. The van der Waals surface area contributed by atoms with E-state index in [1.165, 1.54) is 36.9 Å².